The zero-order valence-corrected chi connectivity index (χ0v) is 10.3. The fraction of sp³-hybridized carbons (Fsp3) is 0.308. The summed E-state index contributed by atoms with van der Waals surface area (Å²) in [4.78, 5) is 4.52. The lowest BCUT2D eigenvalue weighted by Crippen LogP contribution is -2.15. The molecule has 0 fully saturated rings. The highest BCUT2D eigenvalue weighted by molar-refractivity contribution is 5.71. The van der Waals surface area contributed by atoms with E-state index >= 15 is 0 Å². The van der Waals surface area contributed by atoms with Crippen LogP contribution in [0.15, 0.2) is 24.3 Å². The molecule has 0 amide bonds. The molecular weight excluding hydrogens is 212 g/mol. The number of anilines is 1. The highest BCUT2D eigenvalue weighted by Gasteiger charge is 2.13. The molecule has 1 heterocycles. The van der Waals surface area contributed by atoms with E-state index in [4.69, 9.17) is 11.6 Å². The van der Waals surface area contributed by atoms with E-state index in [0.717, 1.165) is 29.9 Å². The number of aromatic nitrogens is 2. The summed E-state index contributed by atoms with van der Waals surface area (Å²) in [5.74, 6) is 7.26. The summed E-state index contributed by atoms with van der Waals surface area (Å²) in [6.07, 6.45) is 1.84. The topological polar surface area (TPSA) is 69.9 Å². The van der Waals surface area contributed by atoms with Crippen LogP contribution < -0.4 is 11.6 Å². The zero-order valence-electron chi connectivity index (χ0n) is 10.3. The average Bonchev–Trinajstić information content (AvgIpc) is 2.58. The van der Waals surface area contributed by atoms with Gasteiger partial charge in [0.1, 0.15) is 11.5 Å². The molecule has 1 aromatic heterocycles. The highest BCUT2D eigenvalue weighted by atomic mass is 15.4. The van der Waals surface area contributed by atoms with Crippen molar-refractivity contribution in [3.05, 3.63) is 35.7 Å². The van der Waals surface area contributed by atoms with Gasteiger partial charge in [0.05, 0.1) is 0 Å². The zero-order chi connectivity index (χ0) is 12.4. The molecule has 4 nitrogen and oxygen atoms in total. The van der Waals surface area contributed by atoms with Gasteiger partial charge in [0.25, 0.3) is 0 Å². The van der Waals surface area contributed by atoms with E-state index in [2.05, 4.69) is 18.0 Å². The summed E-state index contributed by atoms with van der Waals surface area (Å²) >= 11 is 0. The number of hydrogen-bond donors (Lipinski definition) is 2. The molecular formula is C13H18N4. The summed E-state index contributed by atoms with van der Waals surface area (Å²) in [7, 11) is 0. The van der Waals surface area contributed by atoms with Crippen LogP contribution >= 0.6 is 0 Å². The molecule has 0 aliphatic carbocycles. The molecule has 0 bridgehead atoms. The average molecular weight is 230 g/mol. The predicted molar refractivity (Wildman–Crippen MR) is 71.0 cm³/mol. The summed E-state index contributed by atoms with van der Waals surface area (Å²) in [5, 5.41) is 0. The maximum atomic E-state index is 5.99. The summed E-state index contributed by atoms with van der Waals surface area (Å²) in [6.45, 7) is 4.14. The van der Waals surface area contributed by atoms with Gasteiger partial charge in [0, 0.05) is 12.0 Å². The molecule has 0 saturated heterocycles. The fourth-order valence-corrected chi connectivity index (χ4v) is 1.90. The molecule has 0 aliphatic rings. The van der Waals surface area contributed by atoms with Gasteiger partial charge in [-0.15, -0.1) is 0 Å². The van der Waals surface area contributed by atoms with Crippen molar-refractivity contribution in [3.8, 4) is 11.3 Å². The van der Waals surface area contributed by atoms with Crippen LogP contribution in [0.3, 0.4) is 0 Å². The van der Waals surface area contributed by atoms with Crippen LogP contribution in [0.2, 0.25) is 0 Å². The number of imidazole rings is 1. The molecule has 0 radical (unpaired) electrons. The monoisotopic (exact) mass is 230 g/mol. The van der Waals surface area contributed by atoms with Crippen LogP contribution in [0, 0.1) is 6.92 Å². The van der Waals surface area contributed by atoms with E-state index in [9.17, 15) is 0 Å². The molecule has 90 valence electrons. The Morgan fingerprint density at radius 3 is 2.76 bits per heavy atom. The molecule has 4 heteroatoms. The molecule has 0 aliphatic heterocycles. The summed E-state index contributed by atoms with van der Waals surface area (Å²) < 4.78 is 1.49. The first-order chi connectivity index (χ1) is 8.13. The van der Waals surface area contributed by atoms with Gasteiger partial charge in [0.15, 0.2) is 5.82 Å². The molecule has 2 aromatic rings. The van der Waals surface area contributed by atoms with Crippen molar-refractivity contribution >= 4 is 5.82 Å². The van der Waals surface area contributed by atoms with E-state index in [1.54, 1.807) is 0 Å². The van der Waals surface area contributed by atoms with E-state index in [0.29, 0.717) is 5.82 Å². The molecule has 4 N–H and O–H groups in total. The third kappa shape index (κ3) is 2.11. The van der Waals surface area contributed by atoms with Gasteiger partial charge in [-0.25, -0.2) is 9.66 Å². The van der Waals surface area contributed by atoms with Crippen molar-refractivity contribution < 1.29 is 0 Å². The first-order valence-corrected chi connectivity index (χ1v) is 5.82. The molecule has 2 rings (SSSR count). The number of rotatable bonds is 3. The van der Waals surface area contributed by atoms with Crippen molar-refractivity contribution in [2.45, 2.75) is 26.7 Å². The number of benzene rings is 1. The Hall–Kier alpha value is -1.97. The number of nitrogens with zero attached hydrogens (tertiary/aromatic N) is 2. The first kappa shape index (κ1) is 11.5. The number of aryl methyl sites for hydroxylation is 2. The van der Waals surface area contributed by atoms with Gasteiger partial charge in [-0.2, -0.15) is 0 Å². The Morgan fingerprint density at radius 2 is 2.12 bits per heavy atom. The maximum absolute atomic E-state index is 5.99. The SMILES string of the molecule is CCCc1nc(-c2cccc(C)c2)c(N)n1N. The summed E-state index contributed by atoms with van der Waals surface area (Å²) in [5.41, 5.74) is 8.97. The number of nitrogen functional groups attached to an aromatic ring is 2. The standard InChI is InChI=1S/C13H18N4/c1-3-5-11-16-12(13(14)17(11)15)10-7-4-6-9(2)8-10/h4,6-8H,3,5,14-15H2,1-2H3. The minimum atomic E-state index is 0.527. The van der Waals surface area contributed by atoms with Gasteiger partial charge >= 0.3 is 0 Å². The smallest absolute Gasteiger partial charge is 0.150 e. The van der Waals surface area contributed by atoms with Crippen molar-refractivity contribution in [1.82, 2.24) is 9.66 Å². The minimum absolute atomic E-state index is 0.527. The second kappa shape index (κ2) is 4.49. The van der Waals surface area contributed by atoms with Gasteiger partial charge in [0.2, 0.25) is 0 Å². The fourth-order valence-electron chi connectivity index (χ4n) is 1.90. The molecule has 0 spiro atoms. The van der Waals surface area contributed by atoms with Crippen LogP contribution in [0.25, 0.3) is 11.3 Å². The van der Waals surface area contributed by atoms with Crippen molar-refractivity contribution in [2.24, 2.45) is 0 Å². The van der Waals surface area contributed by atoms with Crippen LogP contribution in [-0.4, -0.2) is 9.66 Å². The molecule has 1 aromatic carbocycles. The molecule has 0 atom stereocenters. The quantitative estimate of drug-likeness (QED) is 0.793. The van der Waals surface area contributed by atoms with Crippen LogP contribution in [0.5, 0.6) is 0 Å². The minimum Gasteiger partial charge on any atom is -0.382 e. The van der Waals surface area contributed by atoms with E-state index < -0.39 is 0 Å². The highest BCUT2D eigenvalue weighted by Crippen LogP contribution is 2.25. The Morgan fingerprint density at radius 1 is 1.35 bits per heavy atom. The van der Waals surface area contributed by atoms with Crippen molar-refractivity contribution in [3.63, 3.8) is 0 Å². The lowest BCUT2D eigenvalue weighted by molar-refractivity contribution is 0.794. The Bertz CT molecular complexity index is 528. The first-order valence-electron chi connectivity index (χ1n) is 5.82. The predicted octanol–water partition coefficient (Wildman–Crippen LogP) is 2.11. The maximum Gasteiger partial charge on any atom is 0.150 e. The van der Waals surface area contributed by atoms with Gasteiger partial charge in [-0.1, -0.05) is 30.7 Å². The Kier molecular flexibility index (Phi) is 3.04. The lowest BCUT2D eigenvalue weighted by Gasteiger charge is -2.01. The van der Waals surface area contributed by atoms with Crippen LogP contribution in [0.1, 0.15) is 24.7 Å². The summed E-state index contributed by atoms with van der Waals surface area (Å²) in [6, 6.07) is 8.11. The van der Waals surface area contributed by atoms with Crippen LogP contribution in [-0.2, 0) is 6.42 Å². The van der Waals surface area contributed by atoms with E-state index in [1.807, 2.05) is 25.1 Å². The van der Waals surface area contributed by atoms with E-state index in [-0.39, 0.29) is 0 Å². The third-order valence-electron chi connectivity index (χ3n) is 2.79. The normalized spacial score (nSPS) is 10.7. The third-order valence-corrected chi connectivity index (χ3v) is 2.79. The van der Waals surface area contributed by atoms with Crippen molar-refractivity contribution in [1.29, 1.82) is 0 Å². The lowest BCUT2D eigenvalue weighted by atomic mass is 10.1. The second-order valence-corrected chi connectivity index (χ2v) is 4.25. The van der Waals surface area contributed by atoms with E-state index in [1.165, 1.54) is 10.2 Å². The Balaban J connectivity index is 2.49. The number of nitrogens with two attached hydrogens (primary N) is 2. The Labute approximate surface area is 101 Å². The van der Waals surface area contributed by atoms with Gasteiger partial charge < -0.3 is 11.6 Å². The van der Waals surface area contributed by atoms with Gasteiger partial charge in [-0.05, 0) is 19.4 Å². The van der Waals surface area contributed by atoms with Crippen molar-refractivity contribution in [2.75, 3.05) is 11.6 Å². The van der Waals surface area contributed by atoms with Crippen LogP contribution in [0.4, 0.5) is 5.82 Å². The molecule has 17 heavy (non-hydrogen) atoms. The number of hydrogen-bond acceptors (Lipinski definition) is 3. The largest absolute Gasteiger partial charge is 0.382 e. The van der Waals surface area contributed by atoms with Gasteiger partial charge in [-0.3, -0.25) is 0 Å². The molecule has 0 unspecified atom stereocenters. The molecule has 0 saturated carbocycles. The second-order valence-electron chi connectivity index (χ2n) is 4.25.